The molecule has 206 valence electrons. The van der Waals surface area contributed by atoms with Crippen LogP contribution in [0.25, 0.3) is 6.08 Å². The van der Waals surface area contributed by atoms with Crippen LogP contribution in [0.4, 0.5) is 17.1 Å². The number of nitrogens with zero attached hydrogens (tertiary/aromatic N) is 2. The van der Waals surface area contributed by atoms with Crippen LogP contribution in [-0.4, -0.2) is 23.6 Å². The van der Waals surface area contributed by atoms with E-state index >= 15 is 0 Å². The Hall–Kier alpha value is -3.46. The molecule has 0 bridgehead atoms. The quantitative estimate of drug-likeness (QED) is 0.204. The van der Waals surface area contributed by atoms with Crippen LogP contribution in [0, 0.1) is 0 Å². The first-order chi connectivity index (χ1) is 19.7. The largest absolute Gasteiger partial charge is 0.483 e. The molecule has 6 nitrogen and oxygen atoms in total. The summed E-state index contributed by atoms with van der Waals surface area (Å²) in [7, 11) is 0. The van der Waals surface area contributed by atoms with Crippen LogP contribution in [-0.2, 0) is 9.59 Å². The number of amidine groups is 1. The lowest BCUT2D eigenvalue weighted by Crippen LogP contribution is -2.28. The van der Waals surface area contributed by atoms with Crippen molar-refractivity contribution in [1.82, 2.24) is 0 Å². The SMILES string of the molecule is O=C(COc1ccc(Cl)cc1/C=C1\SC(=Nc2ccc(Cl)cc2)N(c2ccc(Cl)cc2)C1=O)Nc1ccc(Cl)cc1. The Morgan fingerprint density at radius 1 is 0.829 bits per heavy atom. The van der Waals surface area contributed by atoms with Gasteiger partial charge < -0.3 is 10.1 Å². The van der Waals surface area contributed by atoms with Gasteiger partial charge in [0.05, 0.1) is 16.3 Å². The molecule has 4 aromatic rings. The fraction of sp³-hybridized carbons (Fsp3) is 0.0333. The molecule has 2 amide bonds. The average Bonchev–Trinajstić information content (AvgIpc) is 3.25. The molecule has 0 radical (unpaired) electrons. The van der Waals surface area contributed by atoms with E-state index in [1.165, 1.54) is 16.7 Å². The summed E-state index contributed by atoms with van der Waals surface area (Å²) in [6.45, 7) is -0.262. The van der Waals surface area contributed by atoms with E-state index in [0.717, 1.165) is 0 Å². The zero-order chi connectivity index (χ0) is 28.9. The van der Waals surface area contributed by atoms with Crippen molar-refractivity contribution in [2.75, 3.05) is 16.8 Å². The minimum Gasteiger partial charge on any atom is -0.483 e. The Bertz CT molecular complexity index is 1660. The fourth-order valence-electron chi connectivity index (χ4n) is 3.77. The van der Waals surface area contributed by atoms with Crippen LogP contribution in [0.15, 0.2) is 101 Å². The summed E-state index contributed by atoms with van der Waals surface area (Å²) in [5.41, 5.74) is 2.34. The monoisotopic (exact) mass is 641 g/mol. The summed E-state index contributed by atoms with van der Waals surface area (Å²) in [6.07, 6.45) is 1.67. The van der Waals surface area contributed by atoms with Crippen molar-refractivity contribution in [3.8, 4) is 5.75 Å². The Balaban J connectivity index is 1.42. The van der Waals surface area contributed by atoms with E-state index in [1.54, 1.807) is 97.1 Å². The first-order valence-electron chi connectivity index (χ1n) is 12.1. The van der Waals surface area contributed by atoms with Crippen molar-refractivity contribution in [2.45, 2.75) is 0 Å². The standard InChI is InChI=1S/C30H19Cl4N3O3S/c31-19-1-8-23(9-2-19)35-28(38)17-40-26-14-7-22(34)15-18(26)16-27-29(39)37(25-12-5-21(33)6-13-25)30(41-27)36-24-10-3-20(32)4-11-24/h1-16H,17H2,(H,35,38)/b27-16-,36-30?. The first-order valence-corrected chi connectivity index (χ1v) is 14.4. The van der Waals surface area contributed by atoms with E-state index in [0.29, 0.717) is 58.5 Å². The predicted molar refractivity (Wildman–Crippen MR) is 170 cm³/mol. The van der Waals surface area contributed by atoms with Gasteiger partial charge in [-0.05, 0) is 109 Å². The minimum absolute atomic E-state index is 0.262. The molecular weight excluding hydrogens is 624 g/mol. The zero-order valence-electron chi connectivity index (χ0n) is 21.0. The summed E-state index contributed by atoms with van der Waals surface area (Å²) >= 11 is 25.5. The highest BCUT2D eigenvalue weighted by molar-refractivity contribution is 8.19. The topological polar surface area (TPSA) is 71.0 Å². The highest BCUT2D eigenvalue weighted by Gasteiger charge is 2.35. The number of benzene rings is 4. The maximum atomic E-state index is 13.7. The second kappa shape index (κ2) is 13.0. The van der Waals surface area contributed by atoms with Crippen LogP contribution < -0.4 is 15.0 Å². The molecule has 0 spiro atoms. The van der Waals surface area contributed by atoms with Crippen molar-refractivity contribution in [3.05, 3.63) is 122 Å². The number of carbonyl (C=O) groups excluding carboxylic acids is 2. The molecule has 1 fully saturated rings. The summed E-state index contributed by atoms with van der Waals surface area (Å²) in [6, 6.07) is 25.6. The van der Waals surface area contributed by atoms with Gasteiger partial charge in [0.2, 0.25) is 0 Å². The van der Waals surface area contributed by atoms with Gasteiger partial charge in [-0.3, -0.25) is 14.5 Å². The summed E-state index contributed by atoms with van der Waals surface area (Å²) < 4.78 is 5.82. The maximum absolute atomic E-state index is 13.7. The minimum atomic E-state index is -0.363. The number of nitrogens with one attached hydrogen (secondary N) is 1. The number of anilines is 2. The van der Waals surface area contributed by atoms with Crippen molar-refractivity contribution < 1.29 is 14.3 Å². The molecule has 1 heterocycles. The smallest absolute Gasteiger partial charge is 0.271 e. The number of ether oxygens (including phenoxy) is 1. The molecule has 1 saturated heterocycles. The second-order valence-corrected chi connectivity index (χ2v) is 11.4. The molecular formula is C30H19Cl4N3O3S. The van der Waals surface area contributed by atoms with Crippen LogP contribution >= 0.6 is 58.2 Å². The normalized spacial score (nSPS) is 15.0. The number of hydrogen-bond acceptors (Lipinski definition) is 5. The van der Waals surface area contributed by atoms with Gasteiger partial charge in [-0.1, -0.05) is 46.4 Å². The molecule has 1 aliphatic rings. The predicted octanol–water partition coefficient (Wildman–Crippen LogP) is 9.13. The van der Waals surface area contributed by atoms with E-state index in [-0.39, 0.29) is 18.4 Å². The van der Waals surface area contributed by atoms with Gasteiger partial charge in [-0.2, -0.15) is 0 Å². The van der Waals surface area contributed by atoms with Crippen molar-refractivity contribution in [2.24, 2.45) is 4.99 Å². The number of amides is 2. The van der Waals surface area contributed by atoms with Crippen LogP contribution in [0.2, 0.25) is 20.1 Å². The zero-order valence-corrected chi connectivity index (χ0v) is 24.8. The van der Waals surface area contributed by atoms with E-state index in [2.05, 4.69) is 5.32 Å². The average molecular weight is 643 g/mol. The number of rotatable bonds is 7. The summed E-state index contributed by atoms with van der Waals surface area (Å²) in [5, 5.41) is 5.31. The molecule has 4 aromatic carbocycles. The number of thioether (sulfide) groups is 1. The molecule has 0 atom stereocenters. The van der Waals surface area contributed by atoms with Crippen LogP contribution in [0.1, 0.15) is 5.56 Å². The summed E-state index contributed by atoms with van der Waals surface area (Å²) in [4.78, 5) is 32.8. The fourth-order valence-corrected chi connectivity index (χ4v) is 5.32. The van der Waals surface area contributed by atoms with Crippen molar-refractivity contribution in [1.29, 1.82) is 0 Å². The lowest BCUT2D eigenvalue weighted by molar-refractivity contribution is -0.118. The Labute approximate surface area is 260 Å². The van der Waals surface area contributed by atoms with Crippen molar-refractivity contribution >= 4 is 98.3 Å². The lowest BCUT2D eigenvalue weighted by atomic mass is 10.1. The third kappa shape index (κ3) is 7.44. The van der Waals surface area contributed by atoms with Gasteiger partial charge in [0.15, 0.2) is 11.8 Å². The number of carbonyl (C=O) groups is 2. The Kier molecular flexibility index (Phi) is 9.22. The van der Waals surface area contributed by atoms with Gasteiger partial charge in [0.1, 0.15) is 5.75 Å². The molecule has 11 heteroatoms. The highest BCUT2D eigenvalue weighted by Crippen LogP contribution is 2.39. The highest BCUT2D eigenvalue weighted by atomic mass is 35.5. The van der Waals surface area contributed by atoms with Crippen LogP contribution in [0.3, 0.4) is 0 Å². The number of hydrogen-bond donors (Lipinski definition) is 1. The lowest BCUT2D eigenvalue weighted by Gasteiger charge is -2.15. The molecule has 0 aliphatic carbocycles. The second-order valence-electron chi connectivity index (χ2n) is 8.62. The Morgan fingerprint density at radius 2 is 1.41 bits per heavy atom. The number of aliphatic imine (C=N–C) groups is 1. The van der Waals surface area contributed by atoms with Gasteiger partial charge in [-0.15, -0.1) is 0 Å². The van der Waals surface area contributed by atoms with Crippen LogP contribution in [0.5, 0.6) is 5.75 Å². The third-order valence-electron chi connectivity index (χ3n) is 5.69. The van der Waals surface area contributed by atoms with Gasteiger partial charge in [0.25, 0.3) is 11.8 Å². The molecule has 0 saturated carbocycles. The molecule has 1 aliphatic heterocycles. The van der Waals surface area contributed by atoms with E-state index in [9.17, 15) is 9.59 Å². The number of halogens is 4. The van der Waals surface area contributed by atoms with E-state index < -0.39 is 0 Å². The van der Waals surface area contributed by atoms with E-state index in [1.807, 2.05) is 0 Å². The van der Waals surface area contributed by atoms with Crippen molar-refractivity contribution in [3.63, 3.8) is 0 Å². The molecule has 41 heavy (non-hydrogen) atoms. The molecule has 0 unspecified atom stereocenters. The first kappa shape index (κ1) is 29.0. The molecule has 5 rings (SSSR count). The summed E-state index contributed by atoms with van der Waals surface area (Å²) in [5.74, 6) is -0.280. The van der Waals surface area contributed by atoms with Gasteiger partial charge in [0, 0.05) is 31.3 Å². The Morgan fingerprint density at radius 3 is 2.07 bits per heavy atom. The molecule has 1 N–H and O–H groups in total. The van der Waals surface area contributed by atoms with E-state index in [4.69, 9.17) is 56.1 Å². The third-order valence-corrected chi connectivity index (χ3v) is 7.65. The maximum Gasteiger partial charge on any atom is 0.271 e. The van der Waals surface area contributed by atoms with Gasteiger partial charge in [-0.25, -0.2) is 4.99 Å². The van der Waals surface area contributed by atoms with Gasteiger partial charge >= 0.3 is 0 Å². The molecule has 0 aromatic heterocycles.